The largest absolute Gasteiger partial charge is 0.494 e. The van der Waals surface area contributed by atoms with Gasteiger partial charge < -0.3 is 15.4 Å². The predicted octanol–water partition coefficient (Wildman–Crippen LogP) is 4.48. The fraction of sp³-hybridized carbons (Fsp3) is 0.238. The second-order valence-corrected chi connectivity index (χ2v) is 5.80. The molecule has 0 saturated carbocycles. The number of amides is 2. The molecule has 0 aliphatic carbocycles. The van der Waals surface area contributed by atoms with Crippen molar-refractivity contribution in [2.45, 2.75) is 26.2 Å². The molecule has 0 aliphatic heterocycles. The van der Waals surface area contributed by atoms with Crippen LogP contribution in [0.4, 0.5) is 11.4 Å². The zero-order valence-corrected chi connectivity index (χ0v) is 15.1. The lowest BCUT2D eigenvalue weighted by Gasteiger charge is -2.12. The van der Waals surface area contributed by atoms with Gasteiger partial charge in [-0.2, -0.15) is 0 Å². The number of hydrogen-bond acceptors (Lipinski definition) is 3. The van der Waals surface area contributed by atoms with Crippen LogP contribution >= 0.6 is 0 Å². The van der Waals surface area contributed by atoms with Crippen molar-refractivity contribution >= 4 is 29.3 Å². The van der Waals surface area contributed by atoms with E-state index in [4.69, 9.17) is 4.74 Å². The topological polar surface area (TPSA) is 67.4 Å². The van der Waals surface area contributed by atoms with E-state index in [-0.39, 0.29) is 11.8 Å². The fourth-order valence-corrected chi connectivity index (χ4v) is 2.34. The molecule has 0 saturated heterocycles. The first-order valence-electron chi connectivity index (χ1n) is 8.64. The zero-order valence-electron chi connectivity index (χ0n) is 15.1. The Bertz CT molecular complexity index is 770. The Balaban J connectivity index is 2.00. The van der Waals surface area contributed by atoms with Crippen LogP contribution in [0.3, 0.4) is 0 Å². The molecule has 5 heteroatoms. The smallest absolute Gasteiger partial charge is 0.248 e. The SMILES string of the molecule is CCCCC(=O)Nc1ccc(NC(=O)C=Cc2ccccc2)cc1OC. The monoisotopic (exact) mass is 352 g/mol. The highest BCUT2D eigenvalue weighted by Crippen LogP contribution is 2.28. The van der Waals surface area contributed by atoms with Gasteiger partial charge in [0.05, 0.1) is 12.8 Å². The molecule has 0 aromatic heterocycles. The lowest BCUT2D eigenvalue weighted by Crippen LogP contribution is -2.12. The van der Waals surface area contributed by atoms with Crippen molar-refractivity contribution in [3.05, 3.63) is 60.2 Å². The number of methoxy groups -OCH3 is 1. The Morgan fingerprint density at radius 1 is 1.08 bits per heavy atom. The molecule has 2 aromatic rings. The van der Waals surface area contributed by atoms with Crippen molar-refractivity contribution in [3.63, 3.8) is 0 Å². The summed E-state index contributed by atoms with van der Waals surface area (Å²) in [7, 11) is 1.53. The van der Waals surface area contributed by atoms with Gasteiger partial charge in [0.25, 0.3) is 0 Å². The van der Waals surface area contributed by atoms with Crippen LogP contribution < -0.4 is 15.4 Å². The molecule has 2 aromatic carbocycles. The van der Waals surface area contributed by atoms with E-state index in [1.807, 2.05) is 37.3 Å². The van der Waals surface area contributed by atoms with Gasteiger partial charge in [0.2, 0.25) is 11.8 Å². The third-order valence-electron chi connectivity index (χ3n) is 3.73. The second kappa shape index (κ2) is 10.0. The molecule has 0 heterocycles. The molecule has 0 unspecified atom stereocenters. The molecule has 136 valence electrons. The molecule has 0 bridgehead atoms. The average Bonchev–Trinajstić information content (AvgIpc) is 2.66. The maximum absolute atomic E-state index is 12.1. The van der Waals surface area contributed by atoms with Crippen molar-refractivity contribution in [2.24, 2.45) is 0 Å². The van der Waals surface area contributed by atoms with E-state index in [0.29, 0.717) is 23.5 Å². The number of carbonyl (C=O) groups is 2. The van der Waals surface area contributed by atoms with Gasteiger partial charge in [-0.15, -0.1) is 0 Å². The van der Waals surface area contributed by atoms with E-state index in [9.17, 15) is 9.59 Å². The molecular weight excluding hydrogens is 328 g/mol. The summed E-state index contributed by atoms with van der Waals surface area (Å²) in [6.07, 6.45) is 5.50. The Morgan fingerprint density at radius 2 is 1.85 bits per heavy atom. The molecule has 2 amide bonds. The zero-order chi connectivity index (χ0) is 18.8. The van der Waals surface area contributed by atoms with Crippen molar-refractivity contribution in [1.29, 1.82) is 0 Å². The first kappa shape index (κ1) is 19.2. The fourth-order valence-electron chi connectivity index (χ4n) is 2.34. The highest BCUT2D eigenvalue weighted by molar-refractivity contribution is 6.02. The van der Waals surface area contributed by atoms with E-state index >= 15 is 0 Å². The Labute approximate surface area is 154 Å². The minimum Gasteiger partial charge on any atom is -0.494 e. The number of benzene rings is 2. The van der Waals surface area contributed by atoms with E-state index in [1.54, 1.807) is 24.3 Å². The van der Waals surface area contributed by atoms with Gasteiger partial charge in [-0.25, -0.2) is 0 Å². The highest BCUT2D eigenvalue weighted by atomic mass is 16.5. The van der Waals surface area contributed by atoms with Gasteiger partial charge in [0.1, 0.15) is 5.75 Å². The summed E-state index contributed by atoms with van der Waals surface area (Å²) in [6.45, 7) is 2.04. The van der Waals surface area contributed by atoms with Gasteiger partial charge in [-0.05, 0) is 30.2 Å². The van der Waals surface area contributed by atoms with Crippen LogP contribution in [0.25, 0.3) is 6.08 Å². The standard InChI is InChI=1S/C21H24N2O3/c1-3-4-10-20(24)23-18-13-12-17(15-19(18)26-2)22-21(25)14-11-16-8-6-5-7-9-16/h5-9,11-15H,3-4,10H2,1-2H3,(H,22,25)(H,23,24). The summed E-state index contributed by atoms with van der Waals surface area (Å²) >= 11 is 0. The third kappa shape index (κ3) is 6.09. The van der Waals surface area contributed by atoms with Crippen LogP contribution in [0, 0.1) is 0 Å². The lowest BCUT2D eigenvalue weighted by atomic mass is 10.2. The minimum atomic E-state index is -0.240. The van der Waals surface area contributed by atoms with Gasteiger partial charge in [0.15, 0.2) is 0 Å². The van der Waals surface area contributed by atoms with E-state index in [0.717, 1.165) is 18.4 Å². The summed E-state index contributed by atoms with van der Waals surface area (Å²) in [5, 5.41) is 5.62. The van der Waals surface area contributed by atoms with Crippen LogP contribution in [0.1, 0.15) is 31.7 Å². The highest BCUT2D eigenvalue weighted by Gasteiger charge is 2.09. The summed E-state index contributed by atoms with van der Waals surface area (Å²) in [5.74, 6) is 0.211. The maximum atomic E-state index is 12.1. The summed E-state index contributed by atoms with van der Waals surface area (Å²) < 4.78 is 5.32. The van der Waals surface area contributed by atoms with Crippen molar-refractivity contribution in [2.75, 3.05) is 17.7 Å². The molecule has 0 fully saturated rings. The molecule has 2 N–H and O–H groups in total. The first-order chi connectivity index (χ1) is 12.6. The van der Waals surface area contributed by atoms with Crippen LogP contribution in [0.5, 0.6) is 5.75 Å². The quantitative estimate of drug-likeness (QED) is 0.689. The number of nitrogens with one attached hydrogen (secondary N) is 2. The average molecular weight is 352 g/mol. The first-order valence-corrected chi connectivity index (χ1v) is 8.64. The molecular formula is C21H24N2O3. The number of unbranched alkanes of at least 4 members (excludes halogenated alkanes) is 1. The van der Waals surface area contributed by atoms with Crippen LogP contribution in [0.2, 0.25) is 0 Å². The molecule has 0 atom stereocenters. The number of hydrogen-bond donors (Lipinski definition) is 2. The normalized spacial score (nSPS) is 10.5. The van der Waals surface area contributed by atoms with Crippen LogP contribution in [0.15, 0.2) is 54.6 Å². The predicted molar refractivity (Wildman–Crippen MR) is 105 cm³/mol. The number of rotatable bonds is 8. The molecule has 0 aliphatic rings. The van der Waals surface area contributed by atoms with E-state index in [2.05, 4.69) is 10.6 Å². The Kier molecular flexibility index (Phi) is 7.43. The van der Waals surface area contributed by atoms with Gasteiger partial charge in [-0.3, -0.25) is 9.59 Å². The number of anilines is 2. The minimum absolute atomic E-state index is 0.0484. The van der Waals surface area contributed by atoms with E-state index in [1.165, 1.54) is 13.2 Å². The third-order valence-corrected chi connectivity index (χ3v) is 3.73. The summed E-state index contributed by atoms with van der Waals surface area (Å²) in [4.78, 5) is 23.9. The van der Waals surface area contributed by atoms with Gasteiger partial charge in [-0.1, -0.05) is 43.7 Å². The van der Waals surface area contributed by atoms with Gasteiger partial charge in [0, 0.05) is 24.3 Å². The van der Waals surface area contributed by atoms with Crippen molar-refractivity contribution in [1.82, 2.24) is 0 Å². The molecule has 2 rings (SSSR count). The van der Waals surface area contributed by atoms with Crippen LogP contribution in [-0.2, 0) is 9.59 Å². The second-order valence-electron chi connectivity index (χ2n) is 5.80. The summed E-state index contributed by atoms with van der Waals surface area (Å²) in [5.41, 5.74) is 2.13. The maximum Gasteiger partial charge on any atom is 0.248 e. The van der Waals surface area contributed by atoms with Gasteiger partial charge >= 0.3 is 0 Å². The summed E-state index contributed by atoms with van der Waals surface area (Å²) in [6, 6.07) is 14.7. The lowest BCUT2D eigenvalue weighted by molar-refractivity contribution is -0.116. The number of carbonyl (C=O) groups excluding carboxylic acids is 2. The molecule has 0 spiro atoms. The van der Waals surface area contributed by atoms with Crippen molar-refractivity contribution in [3.8, 4) is 5.75 Å². The van der Waals surface area contributed by atoms with Crippen molar-refractivity contribution < 1.29 is 14.3 Å². The molecule has 26 heavy (non-hydrogen) atoms. The Morgan fingerprint density at radius 3 is 2.54 bits per heavy atom. The Hall–Kier alpha value is -3.08. The van der Waals surface area contributed by atoms with Crippen LogP contribution in [-0.4, -0.2) is 18.9 Å². The van der Waals surface area contributed by atoms with E-state index < -0.39 is 0 Å². The molecule has 0 radical (unpaired) electrons. The number of ether oxygens (including phenoxy) is 1. The molecule has 5 nitrogen and oxygen atoms in total.